The number of hydrogen-bond acceptors (Lipinski definition) is 3. The van der Waals surface area contributed by atoms with Crippen molar-refractivity contribution in [3.05, 3.63) is 62.4 Å². The summed E-state index contributed by atoms with van der Waals surface area (Å²) in [4.78, 5) is 10.3. The molecule has 0 amide bonds. The van der Waals surface area contributed by atoms with E-state index in [9.17, 15) is 23.3 Å². The van der Waals surface area contributed by atoms with E-state index < -0.39 is 34.2 Å². The van der Waals surface area contributed by atoms with Crippen LogP contribution in [0.5, 0.6) is 11.5 Å². The number of nitro benzene ring substituents is 1. The van der Waals surface area contributed by atoms with Gasteiger partial charge in [-0.3, -0.25) is 10.1 Å². The van der Waals surface area contributed by atoms with Crippen molar-refractivity contribution in [3.63, 3.8) is 0 Å². The lowest BCUT2D eigenvalue weighted by Crippen LogP contribution is -1.97. The first kappa shape index (κ1) is 15.3. The maximum absolute atomic E-state index is 13.2. The molecular weight excluding hydrogens is 355 g/mol. The average Bonchev–Trinajstić information content (AvgIpc) is 2.37. The van der Waals surface area contributed by atoms with Crippen molar-refractivity contribution in [2.75, 3.05) is 0 Å². The minimum atomic E-state index is -2.90. The topological polar surface area (TPSA) is 52.4 Å². The lowest BCUT2D eigenvalue weighted by Gasteiger charge is -2.11. The highest BCUT2D eigenvalue weighted by molar-refractivity contribution is 9.10. The second-order valence-electron chi connectivity index (χ2n) is 3.93. The molecule has 0 aromatic heterocycles. The van der Waals surface area contributed by atoms with Gasteiger partial charge in [0.25, 0.3) is 6.43 Å². The van der Waals surface area contributed by atoms with Gasteiger partial charge in [-0.1, -0.05) is 6.07 Å². The number of nitrogens with zero attached hydrogens (tertiary/aromatic N) is 1. The van der Waals surface area contributed by atoms with E-state index in [0.29, 0.717) is 0 Å². The summed E-state index contributed by atoms with van der Waals surface area (Å²) in [5.74, 6) is -1.51. The van der Waals surface area contributed by atoms with Crippen molar-refractivity contribution in [3.8, 4) is 11.5 Å². The van der Waals surface area contributed by atoms with E-state index in [1.165, 1.54) is 18.2 Å². The fraction of sp³-hybridized carbons (Fsp3) is 0.0769. The minimum absolute atomic E-state index is 0.125. The van der Waals surface area contributed by atoms with Crippen LogP contribution >= 0.6 is 15.9 Å². The van der Waals surface area contributed by atoms with Gasteiger partial charge in [0.2, 0.25) is 5.75 Å². The number of halogens is 4. The fourth-order valence-electron chi connectivity index (χ4n) is 1.65. The van der Waals surface area contributed by atoms with Gasteiger partial charge in [0, 0.05) is 6.07 Å². The lowest BCUT2D eigenvalue weighted by atomic mass is 10.2. The van der Waals surface area contributed by atoms with E-state index in [2.05, 4.69) is 15.9 Å². The monoisotopic (exact) mass is 361 g/mol. The van der Waals surface area contributed by atoms with Crippen LogP contribution in [-0.2, 0) is 0 Å². The van der Waals surface area contributed by atoms with Gasteiger partial charge in [-0.2, -0.15) is 0 Å². The van der Waals surface area contributed by atoms with Crippen LogP contribution in [0.25, 0.3) is 0 Å². The van der Waals surface area contributed by atoms with E-state index in [1.54, 1.807) is 0 Å². The zero-order valence-electron chi connectivity index (χ0n) is 10.2. The Morgan fingerprint density at radius 3 is 2.52 bits per heavy atom. The first-order valence-corrected chi connectivity index (χ1v) is 6.38. The Bertz CT molecular complexity index is 694. The van der Waals surface area contributed by atoms with Crippen molar-refractivity contribution < 1.29 is 22.8 Å². The van der Waals surface area contributed by atoms with Crippen LogP contribution in [0.3, 0.4) is 0 Å². The van der Waals surface area contributed by atoms with Crippen molar-refractivity contribution in [1.29, 1.82) is 0 Å². The first-order chi connectivity index (χ1) is 9.90. The molecule has 110 valence electrons. The largest absolute Gasteiger partial charge is 0.449 e. The van der Waals surface area contributed by atoms with Gasteiger partial charge in [0.05, 0.1) is 15.0 Å². The summed E-state index contributed by atoms with van der Waals surface area (Å²) in [7, 11) is 0. The van der Waals surface area contributed by atoms with Crippen LogP contribution in [-0.4, -0.2) is 4.92 Å². The number of benzene rings is 2. The fourth-order valence-corrected chi connectivity index (χ4v) is 2.14. The van der Waals surface area contributed by atoms with E-state index in [0.717, 1.165) is 18.2 Å². The average molecular weight is 362 g/mol. The number of nitro groups is 1. The molecule has 2 rings (SSSR count). The maximum Gasteiger partial charge on any atom is 0.325 e. The molecule has 0 saturated carbocycles. The Morgan fingerprint density at radius 2 is 1.90 bits per heavy atom. The summed E-state index contributed by atoms with van der Waals surface area (Å²) < 4.78 is 44.2. The number of para-hydroxylation sites is 1. The van der Waals surface area contributed by atoms with E-state index >= 15 is 0 Å². The molecule has 0 N–H and O–H groups in total. The van der Waals surface area contributed by atoms with Crippen molar-refractivity contribution in [1.82, 2.24) is 0 Å². The van der Waals surface area contributed by atoms with Crippen LogP contribution in [0.2, 0.25) is 0 Å². The molecule has 2 aromatic rings. The Labute approximate surface area is 125 Å². The number of ether oxygens (including phenoxy) is 1. The molecule has 0 spiro atoms. The van der Waals surface area contributed by atoms with Gasteiger partial charge >= 0.3 is 5.69 Å². The third kappa shape index (κ3) is 3.33. The molecule has 0 radical (unpaired) electrons. The molecule has 21 heavy (non-hydrogen) atoms. The normalized spacial score (nSPS) is 10.7. The molecule has 0 aliphatic rings. The molecule has 0 heterocycles. The molecule has 4 nitrogen and oxygen atoms in total. The Balaban J connectivity index is 2.50. The maximum atomic E-state index is 13.2. The van der Waals surface area contributed by atoms with Crippen molar-refractivity contribution in [2.24, 2.45) is 0 Å². The van der Waals surface area contributed by atoms with Crippen LogP contribution < -0.4 is 4.74 Å². The quantitative estimate of drug-likeness (QED) is 0.553. The Kier molecular flexibility index (Phi) is 4.46. The van der Waals surface area contributed by atoms with E-state index in [1.807, 2.05) is 0 Å². The standard InChI is InChI=1S/C13H7BrF3NO3/c14-9-2-1-3-10(12(9)18(19)20)21-11-6-7(15)4-5-8(11)13(16)17/h1-6,13H. The highest BCUT2D eigenvalue weighted by Gasteiger charge is 2.22. The van der Waals surface area contributed by atoms with Gasteiger partial charge in [-0.25, -0.2) is 13.2 Å². The SMILES string of the molecule is O=[N+]([O-])c1c(Br)cccc1Oc1cc(F)ccc1C(F)F. The number of hydrogen-bond donors (Lipinski definition) is 0. The molecule has 0 saturated heterocycles. The summed E-state index contributed by atoms with van der Waals surface area (Å²) >= 11 is 2.98. The lowest BCUT2D eigenvalue weighted by molar-refractivity contribution is -0.386. The Hall–Kier alpha value is -2.09. The van der Waals surface area contributed by atoms with Crippen molar-refractivity contribution >= 4 is 21.6 Å². The first-order valence-electron chi connectivity index (χ1n) is 5.58. The van der Waals surface area contributed by atoms with Crippen molar-refractivity contribution in [2.45, 2.75) is 6.43 Å². The minimum Gasteiger partial charge on any atom is -0.449 e. The third-order valence-corrected chi connectivity index (χ3v) is 3.20. The zero-order valence-corrected chi connectivity index (χ0v) is 11.8. The molecule has 0 aliphatic carbocycles. The molecule has 0 aliphatic heterocycles. The molecular formula is C13H7BrF3NO3. The molecule has 0 bridgehead atoms. The van der Waals surface area contributed by atoms with Crippen LogP contribution in [0.15, 0.2) is 40.9 Å². The van der Waals surface area contributed by atoms with Gasteiger partial charge in [0.15, 0.2) is 0 Å². The number of rotatable bonds is 4. The molecule has 0 fully saturated rings. The molecule has 0 unspecified atom stereocenters. The molecule has 0 atom stereocenters. The van der Waals surface area contributed by atoms with E-state index in [-0.39, 0.29) is 10.2 Å². The van der Waals surface area contributed by atoms with Crippen LogP contribution in [0, 0.1) is 15.9 Å². The van der Waals surface area contributed by atoms with Gasteiger partial charge in [-0.15, -0.1) is 0 Å². The predicted octanol–water partition coefficient (Wildman–Crippen LogP) is 5.23. The van der Waals surface area contributed by atoms with Gasteiger partial charge < -0.3 is 4.74 Å². The second-order valence-corrected chi connectivity index (χ2v) is 4.78. The van der Waals surface area contributed by atoms with Gasteiger partial charge in [-0.05, 0) is 40.2 Å². The summed E-state index contributed by atoms with van der Waals surface area (Å²) in [5.41, 5.74) is -0.979. The van der Waals surface area contributed by atoms with E-state index in [4.69, 9.17) is 4.74 Å². The summed E-state index contributed by atoms with van der Waals surface area (Å²) in [5, 5.41) is 11.0. The third-order valence-electron chi connectivity index (χ3n) is 2.56. The molecule has 8 heteroatoms. The van der Waals surface area contributed by atoms with Crippen LogP contribution in [0.1, 0.15) is 12.0 Å². The smallest absolute Gasteiger partial charge is 0.325 e. The second kappa shape index (κ2) is 6.13. The van der Waals surface area contributed by atoms with Gasteiger partial charge in [0.1, 0.15) is 11.6 Å². The summed E-state index contributed by atoms with van der Waals surface area (Å²) in [6.45, 7) is 0. The zero-order chi connectivity index (χ0) is 15.6. The Morgan fingerprint density at radius 1 is 1.19 bits per heavy atom. The summed E-state index contributed by atoms with van der Waals surface area (Å²) in [6.07, 6.45) is -2.90. The number of alkyl halides is 2. The van der Waals surface area contributed by atoms with Crippen LogP contribution in [0.4, 0.5) is 18.9 Å². The predicted molar refractivity (Wildman–Crippen MR) is 72.2 cm³/mol. The highest BCUT2D eigenvalue weighted by Crippen LogP contribution is 2.39. The highest BCUT2D eigenvalue weighted by atomic mass is 79.9. The summed E-state index contributed by atoms with van der Waals surface area (Å²) in [6, 6.07) is 6.58. The molecule has 2 aromatic carbocycles.